The minimum Gasteiger partial charge on any atom is -0.311 e. The van der Waals surface area contributed by atoms with Crippen molar-refractivity contribution >= 4 is 62.8 Å². The van der Waals surface area contributed by atoms with Crippen molar-refractivity contribution in [3.8, 4) is 11.3 Å². The lowest BCUT2D eigenvalue weighted by Crippen LogP contribution is -2.34. The molecule has 0 saturated heterocycles. The predicted octanol–water partition coefficient (Wildman–Crippen LogP) is 8.66. The maximum absolute atomic E-state index is 13.4. The first-order valence-electron chi connectivity index (χ1n) is 15.0. The van der Waals surface area contributed by atoms with E-state index in [1.165, 1.54) is 17.3 Å². The molecule has 0 radical (unpaired) electrons. The zero-order valence-electron chi connectivity index (χ0n) is 25.0. The highest BCUT2D eigenvalue weighted by molar-refractivity contribution is 7.00. The van der Waals surface area contributed by atoms with Crippen molar-refractivity contribution in [1.82, 2.24) is 13.7 Å². The van der Waals surface area contributed by atoms with E-state index in [0.717, 1.165) is 34.4 Å². The SMILES string of the molecule is Cc1ccc(N(c2ccc(C)cc2)c2ccc(-c3ncc(N=C4C(=O)C(=O)C5CC(C(F)(F)F)CCC45)c4nsnc34)cc2)cc1. The monoisotopic (exact) mass is 639 g/mol. The zero-order valence-corrected chi connectivity index (χ0v) is 25.8. The van der Waals surface area contributed by atoms with E-state index in [1.54, 1.807) is 0 Å². The maximum Gasteiger partial charge on any atom is 0.391 e. The van der Waals surface area contributed by atoms with Gasteiger partial charge in [-0.15, -0.1) is 0 Å². The van der Waals surface area contributed by atoms with E-state index >= 15 is 0 Å². The summed E-state index contributed by atoms with van der Waals surface area (Å²) in [5.74, 6) is -4.84. The first-order valence-corrected chi connectivity index (χ1v) is 15.7. The molecule has 0 aliphatic heterocycles. The molecular formula is C35H28F3N5O2S. The van der Waals surface area contributed by atoms with Gasteiger partial charge in [0.25, 0.3) is 0 Å². The number of aryl methyl sites for hydroxylation is 2. The fourth-order valence-corrected chi connectivity index (χ4v) is 7.02. The first-order chi connectivity index (χ1) is 22.1. The normalized spacial score (nSPS) is 20.8. The van der Waals surface area contributed by atoms with Crippen molar-refractivity contribution in [3.63, 3.8) is 0 Å². The molecule has 3 atom stereocenters. The number of alkyl halides is 3. The van der Waals surface area contributed by atoms with Crippen LogP contribution < -0.4 is 4.90 Å². The Balaban J connectivity index is 1.21. The third-order valence-electron chi connectivity index (χ3n) is 8.95. The molecule has 3 unspecified atom stereocenters. The quantitative estimate of drug-likeness (QED) is 0.179. The molecule has 2 saturated carbocycles. The standard InChI is InChI=1S/C35H28F3N5O2S/c1-19-3-10-23(11-4-19)43(24-12-5-20(2)6-13-24)25-14-7-21(8-15-25)29-32-31(41-46-42-32)28(18-39-29)40-30-26-16-9-22(35(36,37)38)17-27(26)33(44)34(30)45/h3-8,10-15,18,22,26-27H,9,16-17H2,1-2H3. The number of hydrogen-bond donors (Lipinski definition) is 0. The molecule has 11 heteroatoms. The van der Waals surface area contributed by atoms with Crippen molar-refractivity contribution in [3.05, 3.63) is 90.1 Å². The van der Waals surface area contributed by atoms with Crippen LogP contribution in [0.1, 0.15) is 30.4 Å². The highest BCUT2D eigenvalue weighted by Gasteiger charge is 2.54. The smallest absolute Gasteiger partial charge is 0.311 e. The molecule has 0 N–H and O–H groups in total. The number of anilines is 3. The Kier molecular flexibility index (Phi) is 7.51. The highest BCUT2D eigenvalue weighted by atomic mass is 32.1. The number of rotatable bonds is 5. The van der Waals surface area contributed by atoms with Gasteiger partial charge in [-0.05, 0) is 69.5 Å². The molecule has 5 aromatic rings. The second-order valence-corrected chi connectivity index (χ2v) is 12.5. The maximum atomic E-state index is 13.4. The Morgan fingerprint density at radius 2 is 1.35 bits per heavy atom. The number of pyridine rings is 1. The van der Waals surface area contributed by atoms with Gasteiger partial charge in [-0.2, -0.15) is 21.9 Å². The van der Waals surface area contributed by atoms with Gasteiger partial charge in [-0.3, -0.25) is 14.6 Å². The number of aliphatic imine (C=N–C) groups is 1. The lowest BCUT2D eigenvalue weighted by Gasteiger charge is -2.31. The fourth-order valence-electron chi connectivity index (χ4n) is 6.47. The van der Waals surface area contributed by atoms with Gasteiger partial charge < -0.3 is 4.90 Å². The summed E-state index contributed by atoms with van der Waals surface area (Å²) in [5, 5.41) is 0. The van der Waals surface area contributed by atoms with E-state index in [9.17, 15) is 22.8 Å². The number of hydrogen-bond acceptors (Lipinski definition) is 8. The lowest BCUT2D eigenvalue weighted by molar-refractivity contribution is -0.187. The predicted molar refractivity (Wildman–Crippen MR) is 172 cm³/mol. The molecule has 232 valence electrons. The number of carbonyl (C=O) groups is 2. The number of ketones is 2. The molecule has 7 rings (SSSR count). The number of aromatic nitrogens is 3. The molecular weight excluding hydrogens is 611 g/mol. The Labute approximate surface area is 267 Å². The molecule has 2 fully saturated rings. The van der Waals surface area contributed by atoms with Gasteiger partial charge in [-0.1, -0.05) is 47.5 Å². The number of Topliss-reactive ketones (excluding diaryl/α,β-unsaturated/α-hetero) is 2. The van der Waals surface area contributed by atoms with E-state index in [2.05, 4.69) is 86.0 Å². The van der Waals surface area contributed by atoms with Crippen LogP contribution in [-0.4, -0.2) is 37.2 Å². The van der Waals surface area contributed by atoms with Gasteiger partial charge in [-0.25, -0.2) is 4.99 Å². The summed E-state index contributed by atoms with van der Waals surface area (Å²) in [6, 6.07) is 24.6. The largest absolute Gasteiger partial charge is 0.391 e. The summed E-state index contributed by atoms with van der Waals surface area (Å²) >= 11 is 0.971. The molecule has 46 heavy (non-hydrogen) atoms. The molecule has 2 aromatic heterocycles. The molecule has 0 bridgehead atoms. The van der Waals surface area contributed by atoms with E-state index in [0.29, 0.717) is 16.7 Å². The van der Waals surface area contributed by atoms with Gasteiger partial charge in [0.05, 0.1) is 35.2 Å². The van der Waals surface area contributed by atoms with Gasteiger partial charge in [0.1, 0.15) is 16.7 Å². The van der Waals surface area contributed by atoms with Crippen LogP contribution in [0.25, 0.3) is 22.3 Å². The van der Waals surface area contributed by atoms with E-state index in [4.69, 9.17) is 0 Å². The summed E-state index contributed by atoms with van der Waals surface area (Å²) in [4.78, 5) is 36.9. The zero-order chi connectivity index (χ0) is 32.2. The van der Waals surface area contributed by atoms with E-state index < -0.39 is 35.5 Å². The molecule has 2 aliphatic rings. The summed E-state index contributed by atoms with van der Waals surface area (Å²) in [7, 11) is 0. The minimum atomic E-state index is -4.40. The molecule has 0 amide bonds. The van der Waals surface area contributed by atoms with Crippen molar-refractivity contribution in [2.75, 3.05) is 4.90 Å². The van der Waals surface area contributed by atoms with Crippen molar-refractivity contribution in [2.45, 2.75) is 39.3 Å². The average Bonchev–Trinajstić information content (AvgIpc) is 3.63. The molecule has 2 aliphatic carbocycles. The minimum absolute atomic E-state index is 0.00358. The number of fused-ring (bicyclic) bond motifs is 2. The molecule has 0 spiro atoms. The van der Waals surface area contributed by atoms with E-state index in [1.807, 2.05) is 24.3 Å². The first kappa shape index (κ1) is 29.9. The molecule has 3 aromatic carbocycles. The number of benzene rings is 3. The summed E-state index contributed by atoms with van der Waals surface area (Å²) in [6.45, 7) is 4.11. The summed E-state index contributed by atoms with van der Waals surface area (Å²) in [6.07, 6.45) is -3.37. The Hall–Kier alpha value is -4.77. The third kappa shape index (κ3) is 5.38. The van der Waals surface area contributed by atoms with Crippen molar-refractivity contribution < 1.29 is 22.8 Å². The van der Waals surface area contributed by atoms with Crippen LogP contribution in [0.5, 0.6) is 0 Å². The third-order valence-corrected chi connectivity index (χ3v) is 9.48. The number of carbonyl (C=O) groups excluding carboxylic acids is 2. The van der Waals surface area contributed by atoms with Crippen molar-refractivity contribution in [2.24, 2.45) is 22.7 Å². The lowest BCUT2D eigenvalue weighted by atomic mass is 9.75. The number of halogens is 3. The van der Waals surface area contributed by atoms with Crippen LogP contribution in [0.2, 0.25) is 0 Å². The molecule has 7 nitrogen and oxygen atoms in total. The highest BCUT2D eigenvalue weighted by Crippen LogP contribution is 2.46. The molecule has 2 heterocycles. The van der Waals surface area contributed by atoms with Crippen LogP contribution in [0.4, 0.5) is 35.9 Å². The van der Waals surface area contributed by atoms with E-state index in [-0.39, 0.29) is 30.7 Å². The second kappa shape index (κ2) is 11.5. The van der Waals surface area contributed by atoms with Crippen LogP contribution in [0.3, 0.4) is 0 Å². The Morgan fingerprint density at radius 3 is 1.93 bits per heavy atom. The number of nitrogens with zero attached hydrogens (tertiary/aromatic N) is 5. The van der Waals surface area contributed by atoms with Crippen LogP contribution in [0.15, 0.2) is 84.0 Å². The Morgan fingerprint density at radius 1 is 0.783 bits per heavy atom. The topological polar surface area (TPSA) is 88.4 Å². The fraction of sp³-hybridized carbons (Fsp3) is 0.257. The second-order valence-electron chi connectivity index (χ2n) is 12.0. The average molecular weight is 640 g/mol. The van der Waals surface area contributed by atoms with Crippen LogP contribution in [-0.2, 0) is 9.59 Å². The van der Waals surface area contributed by atoms with Gasteiger partial charge in [0.15, 0.2) is 0 Å². The van der Waals surface area contributed by atoms with Gasteiger partial charge in [0, 0.05) is 34.5 Å². The summed E-state index contributed by atoms with van der Waals surface area (Å²) in [5.41, 5.74) is 7.86. The Bertz CT molecular complexity index is 1940. The summed E-state index contributed by atoms with van der Waals surface area (Å²) < 4.78 is 49.0. The van der Waals surface area contributed by atoms with Crippen molar-refractivity contribution in [1.29, 1.82) is 0 Å². The van der Waals surface area contributed by atoms with Crippen LogP contribution >= 0.6 is 11.7 Å². The van der Waals surface area contributed by atoms with Gasteiger partial charge >= 0.3 is 6.18 Å². The van der Waals surface area contributed by atoms with Gasteiger partial charge in [0.2, 0.25) is 11.6 Å². The van der Waals surface area contributed by atoms with Crippen LogP contribution in [0, 0.1) is 31.6 Å².